The van der Waals surface area contributed by atoms with Crippen LogP contribution in [0.4, 0.5) is 4.39 Å². The van der Waals surface area contributed by atoms with E-state index in [1.807, 2.05) is 0 Å². The zero-order valence-electron chi connectivity index (χ0n) is 9.05. The second kappa shape index (κ2) is 5.84. The van der Waals surface area contributed by atoms with Gasteiger partial charge in [0, 0.05) is 6.42 Å². The van der Waals surface area contributed by atoms with Gasteiger partial charge in [-0.25, -0.2) is 4.39 Å². The lowest BCUT2D eigenvalue weighted by molar-refractivity contribution is -0.107. The smallest absolute Gasteiger partial charge is 0.177 e. The van der Waals surface area contributed by atoms with Crippen molar-refractivity contribution in [3.63, 3.8) is 0 Å². The Morgan fingerprint density at radius 2 is 2.12 bits per heavy atom. The van der Waals surface area contributed by atoms with Gasteiger partial charge in [-0.3, -0.25) is 0 Å². The number of aryl methyl sites for hydroxylation is 1. The topological polar surface area (TPSA) is 35.5 Å². The lowest BCUT2D eigenvalue weighted by atomic mass is 10.1. The number of benzene rings is 1. The van der Waals surface area contributed by atoms with Crippen molar-refractivity contribution < 1.29 is 18.7 Å². The number of rotatable bonds is 5. The van der Waals surface area contributed by atoms with Crippen molar-refractivity contribution in [1.29, 1.82) is 0 Å². The van der Waals surface area contributed by atoms with Gasteiger partial charge < -0.3 is 14.3 Å². The summed E-state index contributed by atoms with van der Waals surface area (Å²) in [4.78, 5) is 10.3. The third kappa shape index (κ3) is 2.52. The molecule has 88 valence electrons. The summed E-state index contributed by atoms with van der Waals surface area (Å²) in [5.74, 6) is 0.339. The molecule has 0 N–H and O–H groups in total. The van der Waals surface area contributed by atoms with Crippen molar-refractivity contribution in [3.05, 3.63) is 21.9 Å². The number of aldehydes is 1. The molecular formula is C11H12BrFO3. The first kappa shape index (κ1) is 13.0. The van der Waals surface area contributed by atoms with Gasteiger partial charge in [0.05, 0.1) is 18.7 Å². The molecule has 0 aliphatic carbocycles. The van der Waals surface area contributed by atoms with Crippen LogP contribution in [0.25, 0.3) is 0 Å². The Bertz CT molecular complexity index is 393. The molecule has 0 aliphatic heterocycles. The molecule has 0 saturated carbocycles. The van der Waals surface area contributed by atoms with Gasteiger partial charge in [0.15, 0.2) is 11.5 Å². The van der Waals surface area contributed by atoms with Crippen molar-refractivity contribution in [2.75, 3.05) is 14.2 Å². The van der Waals surface area contributed by atoms with Crippen LogP contribution in [0, 0.1) is 5.82 Å². The monoisotopic (exact) mass is 290 g/mol. The van der Waals surface area contributed by atoms with Gasteiger partial charge in [-0.15, -0.1) is 0 Å². The van der Waals surface area contributed by atoms with Gasteiger partial charge in [0.25, 0.3) is 0 Å². The molecule has 0 aromatic heterocycles. The number of hydrogen-bond donors (Lipinski definition) is 0. The number of methoxy groups -OCH3 is 2. The Morgan fingerprint density at radius 1 is 1.44 bits per heavy atom. The summed E-state index contributed by atoms with van der Waals surface area (Å²) in [7, 11) is 2.92. The summed E-state index contributed by atoms with van der Waals surface area (Å²) in [5.41, 5.74) is 0.427. The van der Waals surface area contributed by atoms with Gasteiger partial charge in [-0.1, -0.05) is 0 Å². The lowest BCUT2D eigenvalue weighted by Gasteiger charge is -2.12. The van der Waals surface area contributed by atoms with Crippen LogP contribution in [0.2, 0.25) is 0 Å². The number of halogens is 2. The molecule has 0 unspecified atom stereocenters. The van der Waals surface area contributed by atoms with Gasteiger partial charge >= 0.3 is 0 Å². The summed E-state index contributed by atoms with van der Waals surface area (Å²) in [5, 5.41) is 0. The third-order valence-electron chi connectivity index (χ3n) is 2.16. The SMILES string of the molecule is COc1cc(CCC=O)c(F)c(Br)c1OC. The van der Waals surface area contributed by atoms with Crippen LogP contribution in [0.5, 0.6) is 11.5 Å². The van der Waals surface area contributed by atoms with Gasteiger partial charge in [-0.05, 0) is 34.0 Å². The zero-order chi connectivity index (χ0) is 12.1. The molecule has 3 nitrogen and oxygen atoms in total. The molecule has 0 fully saturated rings. The second-order valence-corrected chi connectivity index (χ2v) is 3.90. The van der Waals surface area contributed by atoms with Crippen LogP contribution in [0.15, 0.2) is 10.5 Å². The molecule has 1 aromatic carbocycles. The van der Waals surface area contributed by atoms with E-state index in [-0.39, 0.29) is 10.9 Å². The standard InChI is InChI=1S/C11H12BrFO3/c1-15-8-6-7(4-3-5-14)10(13)9(12)11(8)16-2/h5-6H,3-4H2,1-2H3. The quantitative estimate of drug-likeness (QED) is 0.782. The van der Waals surface area contributed by atoms with Crippen molar-refractivity contribution in [1.82, 2.24) is 0 Å². The van der Waals surface area contributed by atoms with Gasteiger partial charge in [0.1, 0.15) is 12.1 Å². The summed E-state index contributed by atoms with van der Waals surface area (Å²) in [6, 6.07) is 1.54. The highest BCUT2D eigenvalue weighted by molar-refractivity contribution is 9.10. The summed E-state index contributed by atoms with van der Waals surface area (Å²) in [6.07, 6.45) is 1.37. The molecule has 0 saturated heterocycles. The van der Waals surface area contributed by atoms with Crippen LogP contribution in [0.1, 0.15) is 12.0 Å². The Balaban J connectivity index is 3.21. The van der Waals surface area contributed by atoms with Crippen molar-refractivity contribution in [2.45, 2.75) is 12.8 Å². The molecular weight excluding hydrogens is 279 g/mol. The highest BCUT2D eigenvalue weighted by Crippen LogP contribution is 2.39. The Kier molecular flexibility index (Phi) is 4.73. The predicted molar refractivity (Wildman–Crippen MR) is 61.6 cm³/mol. The van der Waals surface area contributed by atoms with E-state index in [0.717, 1.165) is 6.29 Å². The van der Waals surface area contributed by atoms with E-state index in [2.05, 4.69) is 15.9 Å². The number of carbonyl (C=O) groups is 1. The molecule has 0 atom stereocenters. The minimum atomic E-state index is -0.417. The maximum Gasteiger partial charge on any atom is 0.177 e. The second-order valence-electron chi connectivity index (χ2n) is 3.10. The Labute approximate surface area is 102 Å². The van der Waals surface area contributed by atoms with E-state index in [1.165, 1.54) is 14.2 Å². The van der Waals surface area contributed by atoms with Gasteiger partial charge in [0.2, 0.25) is 0 Å². The van der Waals surface area contributed by atoms with E-state index in [4.69, 9.17) is 9.47 Å². The normalized spacial score (nSPS) is 10.0. The summed E-state index contributed by atoms with van der Waals surface area (Å²) in [6.45, 7) is 0. The molecule has 0 bridgehead atoms. The maximum atomic E-state index is 13.8. The third-order valence-corrected chi connectivity index (χ3v) is 2.87. The molecule has 1 rings (SSSR count). The Morgan fingerprint density at radius 3 is 2.62 bits per heavy atom. The van der Waals surface area contributed by atoms with E-state index in [0.29, 0.717) is 23.5 Å². The largest absolute Gasteiger partial charge is 0.493 e. The average Bonchev–Trinajstić information content (AvgIpc) is 2.30. The summed E-state index contributed by atoms with van der Waals surface area (Å²) >= 11 is 3.11. The fourth-order valence-electron chi connectivity index (χ4n) is 1.37. The van der Waals surface area contributed by atoms with E-state index in [9.17, 15) is 9.18 Å². The highest BCUT2D eigenvalue weighted by Gasteiger charge is 2.17. The van der Waals surface area contributed by atoms with Crippen LogP contribution in [-0.2, 0) is 11.2 Å². The number of carbonyl (C=O) groups excluding carboxylic acids is 1. The number of ether oxygens (including phenoxy) is 2. The molecule has 1 aromatic rings. The summed E-state index contributed by atoms with van der Waals surface area (Å²) < 4.78 is 24.1. The van der Waals surface area contributed by atoms with Gasteiger partial charge in [-0.2, -0.15) is 0 Å². The minimum absolute atomic E-state index is 0.218. The fraction of sp³-hybridized carbons (Fsp3) is 0.364. The molecule has 0 radical (unpaired) electrons. The lowest BCUT2D eigenvalue weighted by Crippen LogP contribution is -1.99. The molecule has 0 spiro atoms. The highest BCUT2D eigenvalue weighted by atomic mass is 79.9. The minimum Gasteiger partial charge on any atom is -0.493 e. The molecule has 16 heavy (non-hydrogen) atoms. The number of hydrogen-bond acceptors (Lipinski definition) is 3. The van der Waals surface area contributed by atoms with E-state index >= 15 is 0 Å². The van der Waals surface area contributed by atoms with E-state index in [1.54, 1.807) is 6.07 Å². The van der Waals surface area contributed by atoms with Crippen molar-refractivity contribution >= 4 is 22.2 Å². The van der Waals surface area contributed by atoms with Crippen LogP contribution >= 0.6 is 15.9 Å². The van der Waals surface area contributed by atoms with E-state index < -0.39 is 5.82 Å². The first-order valence-corrected chi connectivity index (χ1v) is 5.47. The zero-order valence-corrected chi connectivity index (χ0v) is 10.6. The van der Waals surface area contributed by atoms with Crippen LogP contribution in [-0.4, -0.2) is 20.5 Å². The maximum absolute atomic E-state index is 13.8. The predicted octanol–water partition coefficient (Wildman–Crippen LogP) is 2.74. The first-order chi connectivity index (χ1) is 7.65. The van der Waals surface area contributed by atoms with Crippen molar-refractivity contribution in [2.24, 2.45) is 0 Å². The molecule has 5 heteroatoms. The van der Waals surface area contributed by atoms with Crippen molar-refractivity contribution in [3.8, 4) is 11.5 Å². The fourth-order valence-corrected chi connectivity index (χ4v) is 1.99. The Hall–Kier alpha value is -1.10. The average molecular weight is 291 g/mol. The van der Waals surface area contributed by atoms with Crippen LogP contribution < -0.4 is 9.47 Å². The first-order valence-electron chi connectivity index (χ1n) is 4.68. The molecule has 0 amide bonds. The molecule has 0 aliphatic rings. The molecule has 0 heterocycles. The van der Waals surface area contributed by atoms with Crippen LogP contribution in [0.3, 0.4) is 0 Å².